The number of hydrogen-bond acceptors (Lipinski definition) is 8. The third-order valence-electron chi connectivity index (χ3n) is 32.0. The molecule has 32 rings (SSSR count). The lowest BCUT2D eigenvalue weighted by Gasteiger charge is -2.34. The standard InChI is InChI=1S/C138H82N4O4/c1-7-39-85(40-8-1)139(86-41-9-2-10-42-86)93-69-71-101-109(75-93)127-103-59-25-33-67-123(103)145-135(127)131-129-111-78-108-100-58-24-32-66-122(100)143-125(108)79-106(111)120(82-117(129)137(133(101)131)113-61-27-19-53-95(113)96-54-20-28-62-114(96)137)142(90-49-17-6-18-50-90)92-52-36-38-84(74-92)83-37-35-51-91(73-83)140(87-43-11-3-12-44-87)94-70-72-102-110(76-94)128-104-60-26-34-68-124(104)146-136(128)132-130-112-80-126-107(99-57-23-31-65-121(99)144-126)77-105(112)119(141(88-45-13-4-14-46-88)89-47-15-5-16-48-89)81-118(130)138(134(102)132)115-63-29-21-55-97(115)98-56-22-30-64-116(98)138/h1-82H. The fourth-order valence-electron chi connectivity index (χ4n) is 26.4. The number of furan rings is 4. The molecule has 4 aliphatic rings. The summed E-state index contributed by atoms with van der Waals surface area (Å²) >= 11 is 0. The highest BCUT2D eigenvalue weighted by molar-refractivity contribution is 6.33. The Morgan fingerprint density at radius 1 is 0.151 bits per heavy atom. The smallest absolute Gasteiger partial charge is 0.144 e. The van der Waals surface area contributed by atoms with E-state index in [0.717, 1.165) is 232 Å². The summed E-state index contributed by atoms with van der Waals surface area (Å²) in [5.74, 6) is 0. The first-order valence-electron chi connectivity index (χ1n) is 50.2. The van der Waals surface area contributed by atoms with Crippen molar-refractivity contribution in [3.8, 4) is 55.6 Å². The van der Waals surface area contributed by atoms with Crippen molar-refractivity contribution in [1.29, 1.82) is 0 Å². The Kier molecular flexibility index (Phi) is 16.9. The lowest BCUT2D eigenvalue weighted by molar-refractivity contribution is 0.669. The van der Waals surface area contributed by atoms with Gasteiger partial charge in [-0.3, -0.25) is 0 Å². The molecule has 0 atom stereocenters. The summed E-state index contributed by atoms with van der Waals surface area (Å²) in [5, 5.41) is 17.2. The van der Waals surface area contributed by atoms with Crippen LogP contribution in [0.4, 0.5) is 68.2 Å². The molecule has 4 aliphatic carbocycles. The summed E-state index contributed by atoms with van der Waals surface area (Å²) in [6.45, 7) is 0. The van der Waals surface area contributed by atoms with Crippen LogP contribution in [0.15, 0.2) is 515 Å². The monoisotopic (exact) mass is 1860 g/mol. The van der Waals surface area contributed by atoms with Gasteiger partial charge in [-0.15, -0.1) is 0 Å². The van der Waals surface area contributed by atoms with Gasteiger partial charge in [-0.1, -0.05) is 315 Å². The van der Waals surface area contributed by atoms with E-state index >= 15 is 0 Å². The van der Waals surface area contributed by atoms with Crippen LogP contribution in [0.1, 0.15) is 44.5 Å². The highest BCUT2D eigenvalue weighted by Crippen LogP contribution is 2.72. The van der Waals surface area contributed by atoms with E-state index in [1.165, 1.54) is 66.8 Å². The van der Waals surface area contributed by atoms with Gasteiger partial charge in [0, 0.05) is 122 Å². The Bertz CT molecular complexity index is 10300. The molecule has 0 unspecified atom stereocenters. The van der Waals surface area contributed by atoms with Crippen molar-refractivity contribution in [3.63, 3.8) is 0 Å². The average Bonchev–Trinajstić information content (AvgIpc) is 1.48. The van der Waals surface area contributed by atoms with Gasteiger partial charge in [0.25, 0.3) is 0 Å². The molecule has 4 aromatic heterocycles. The van der Waals surface area contributed by atoms with Gasteiger partial charge in [0.2, 0.25) is 0 Å². The molecule has 2 spiro atoms. The Balaban J connectivity index is 0.615. The molecule has 24 aromatic carbocycles. The van der Waals surface area contributed by atoms with Crippen molar-refractivity contribution in [3.05, 3.63) is 542 Å². The second-order valence-corrected chi connectivity index (χ2v) is 39.3. The SMILES string of the molecule is c1ccc(N(c2cccc(-c3cccc(N(c4ccccc4)c4cc5c(c6cc7c(cc46)oc4ccccc47)-c4c(c6ccc(N(c7ccccc7)c7ccccc7)cc6c6c4oc4ccccc46)C54c5ccccc5-c5ccccc54)c3)c2)c2ccc3c4c(c5oc6ccccc6c5c3c2)-c2c(cc(N(c3ccccc3)c3ccccc3)c3cc5c(cc23)oc2ccccc25)C42c3ccccc3-c3ccccc32)cc1. The van der Waals surface area contributed by atoms with Crippen molar-refractivity contribution in [2.45, 2.75) is 10.8 Å². The maximum absolute atomic E-state index is 7.80. The summed E-state index contributed by atoms with van der Waals surface area (Å²) in [6, 6.07) is 184. The summed E-state index contributed by atoms with van der Waals surface area (Å²) in [5.41, 5.74) is 37.9. The van der Waals surface area contributed by atoms with Gasteiger partial charge in [0.05, 0.1) is 22.2 Å². The lowest BCUT2D eigenvalue weighted by atomic mass is 9.69. The second kappa shape index (κ2) is 30.6. The van der Waals surface area contributed by atoms with Gasteiger partial charge in [-0.2, -0.15) is 0 Å². The summed E-state index contributed by atoms with van der Waals surface area (Å²) in [4.78, 5) is 9.80. The van der Waals surface area contributed by atoms with Crippen LogP contribution >= 0.6 is 0 Å². The molecule has 8 heteroatoms. The van der Waals surface area contributed by atoms with Crippen LogP contribution in [-0.4, -0.2) is 0 Å². The molecule has 0 bridgehead atoms. The minimum Gasteiger partial charge on any atom is -0.456 e. The van der Waals surface area contributed by atoms with Crippen LogP contribution < -0.4 is 19.6 Å². The predicted octanol–water partition coefficient (Wildman–Crippen LogP) is 38.1. The Hall–Kier alpha value is -19.3. The number of benzene rings is 24. The van der Waals surface area contributed by atoms with Gasteiger partial charge >= 0.3 is 0 Å². The van der Waals surface area contributed by atoms with Crippen molar-refractivity contribution in [2.75, 3.05) is 19.6 Å². The summed E-state index contributed by atoms with van der Waals surface area (Å²) < 4.78 is 29.8. The van der Waals surface area contributed by atoms with E-state index in [0.29, 0.717) is 0 Å². The molecule has 0 saturated carbocycles. The van der Waals surface area contributed by atoms with Crippen molar-refractivity contribution < 1.29 is 17.7 Å². The molecule has 0 saturated heterocycles. The van der Waals surface area contributed by atoms with Crippen molar-refractivity contribution in [2.24, 2.45) is 0 Å². The van der Waals surface area contributed by atoms with E-state index in [-0.39, 0.29) is 0 Å². The highest BCUT2D eigenvalue weighted by Gasteiger charge is 2.57. The molecule has 146 heavy (non-hydrogen) atoms. The van der Waals surface area contributed by atoms with E-state index in [9.17, 15) is 0 Å². The number of nitrogens with zero attached hydrogens (tertiary/aromatic N) is 4. The van der Waals surface area contributed by atoms with E-state index in [1.54, 1.807) is 0 Å². The molecule has 0 amide bonds. The lowest BCUT2D eigenvalue weighted by Crippen LogP contribution is -2.26. The molecular weight excluding hydrogens is 1780 g/mol. The van der Waals surface area contributed by atoms with E-state index < -0.39 is 10.8 Å². The first-order valence-corrected chi connectivity index (χ1v) is 50.2. The molecule has 0 radical (unpaired) electrons. The number of para-hydroxylation sites is 10. The molecule has 4 heterocycles. The van der Waals surface area contributed by atoms with E-state index in [1.807, 2.05) is 0 Å². The van der Waals surface area contributed by atoms with Crippen LogP contribution in [0, 0.1) is 0 Å². The van der Waals surface area contributed by atoms with Gasteiger partial charge in [0.1, 0.15) is 44.7 Å². The van der Waals surface area contributed by atoms with Gasteiger partial charge < -0.3 is 37.3 Å². The van der Waals surface area contributed by atoms with Crippen molar-refractivity contribution in [1.82, 2.24) is 0 Å². The molecule has 0 N–H and O–H groups in total. The average molecular weight is 1860 g/mol. The largest absolute Gasteiger partial charge is 0.456 e. The second-order valence-electron chi connectivity index (χ2n) is 39.3. The van der Waals surface area contributed by atoms with Gasteiger partial charge in [-0.05, 0) is 303 Å². The molecule has 0 fully saturated rings. The Labute approximate surface area is 838 Å². The molecule has 678 valence electrons. The van der Waals surface area contributed by atoms with Gasteiger partial charge in [0.15, 0.2) is 0 Å². The maximum Gasteiger partial charge on any atom is 0.144 e. The van der Waals surface area contributed by atoms with Crippen molar-refractivity contribution >= 4 is 199 Å². The zero-order valence-electron chi connectivity index (χ0n) is 78.8. The van der Waals surface area contributed by atoms with Crippen LogP contribution in [0.5, 0.6) is 0 Å². The topological polar surface area (TPSA) is 65.5 Å². The zero-order chi connectivity index (χ0) is 95.3. The van der Waals surface area contributed by atoms with E-state index in [2.05, 4.69) is 517 Å². The van der Waals surface area contributed by atoms with Crippen LogP contribution in [0.25, 0.3) is 186 Å². The minimum atomic E-state index is -0.916. The number of hydrogen-bond donors (Lipinski definition) is 0. The van der Waals surface area contributed by atoms with Crippen LogP contribution in [0.2, 0.25) is 0 Å². The number of fused-ring (bicyclic) bond motifs is 44. The quantitative estimate of drug-likeness (QED) is 0.113. The fraction of sp³-hybridized carbons (Fsp3) is 0.0145. The van der Waals surface area contributed by atoms with Crippen LogP contribution in [-0.2, 0) is 10.8 Å². The molecular formula is C138H82N4O4. The van der Waals surface area contributed by atoms with E-state index in [4.69, 9.17) is 17.7 Å². The third kappa shape index (κ3) is 11.1. The minimum absolute atomic E-state index is 0.799. The fourth-order valence-corrected chi connectivity index (χ4v) is 26.4. The molecule has 0 aliphatic heterocycles. The predicted molar refractivity (Wildman–Crippen MR) is 602 cm³/mol. The summed E-state index contributed by atoms with van der Waals surface area (Å²) in [7, 11) is 0. The number of rotatable bonds is 13. The Morgan fingerprint density at radius 3 is 0.836 bits per heavy atom. The zero-order valence-corrected chi connectivity index (χ0v) is 78.8. The third-order valence-corrected chi connectivity index (χ3v) is 32.0. The van der Waals surface area contributed by atoms with Crippen LogP contribution in [0.3, 0.4) is 0 Å². The normalized spacial score (nSPS) is 13.2. The summed E-state index contributed by atoms with van der Waals surface area (Å²) in [6.07, 6.45) is 0. The highest BCUT2D eigenvalue weighted by atomic mass is 16.3. The first-order chi connectivity index (χ1) is 72.4. The molecule has 8 nitrogen and oxygen atoms in total. The first kappa shape index (κ1) is 80.5. The Morgan fingerprint density at radius 2 is 0.438 bits per heavy atom. The molecule has 28 aromatic rings. The van der Waals surface area contributed by atoms with Gasteiger partial charge in [-0.25, -0.2) is 0 Å². The number of anilines is 12. The maximum atomic E-state index is 7.80.